The third-order valence-corrected chi connectivity index (χ3v) is 4.57. The van der Waals surface area contributed by atoms with E-state index < -0.39 is 0 Å². The second-order valence-corrected chi connectivity index (χ2v) is 6.49. The van der Waals surface area contributed by atoms with E-state index >= 15 is 0 Å². The summed E-state index contributed by atoms with van der Waals surface area (Å²) in [5.41, 5.74) is 1.30. The van der Waals surface area contributed by atoms with Gasteiger partial charge < -0.3 is 20.1 Å². The average molecular weight is 476 g/mol. The predicted octanol–water partition coefficient (Wildman–Crippen LogP) is 2.65. The number of ether oxygens (including phenoxy) is 2. The smallest absolute Gasteiger partial charge is 0.191 e. The van der Waals surface area contributed by atoms with Gasteiger partial charge in [-0.25, -0.2) is 0 Å². The lowest BCUT2D eigenvalue weighted by molar-refractivity contribution is 0.178. The van der Waals surface area contributed by atoms with Crippen molar-refractivity contribution in [1.29, 1.82) is 0 Å². The molecule has 2 N–H and O–H groups in total. The zero-order valence-corrected chi connectivity index (χ0v) is 18.7. The maximum Gasteiger partial charge on any atom is 0.191 e. The second kappa shape index (κ2) is 12.3. The minimum Gasteiger partial charge on any atom is -0.497 e. The lowest BCUT2D eigenvalue weighted by atomic mass is 10.1. The Morgan fingerprint density at radius 2 is 1.85 bits per heavy atom. The van der Waals surface area contributed by atoms with Crippen LogP contribution in [-0.4, -0.2) is 64.4 Å². The molecular formula is C19H33IN4O2. The number of benzene rings is 1. The molecule has 1 aliphatic rings. The molecule has 2 atom stereocenters. The van der Waals surface area contributed by atoms with Gasteiger partial charge in [-0.1, -0.05) is 12.1 Å². The largest absolute Gasteiger partial charge is 0.497 e. The maximum absolute atomic E-state index is 5.29. The van der Waals surface area contributed by atoms with Crippen LogP contribution in [0.15, 0.2) is 29.3 Å². The Labute approximate surface area is 174 Å². The molecular weight excluding hydrogens is 443 g/mol. The first-order valence-corrected chi connectivity index (χ1v) is 9.02. The summed E-state index contributed by atoms with van der Waals surface area (Å²) in [6, 6.07) is 8.92. The van der Waals surface area contributed by atoms with E-state index in [-0.39, 0.29) is 30.0 Å². The lowest BCUT2D eigenvalue weighted by Gasteiger charge is -2.29. The first kappa shape index (κ1) is 23.0. The minimum absolute atomic E-state index is 0. The Morgan fingerprint density at radius 3 is 2.38 bits per heavy atom. The molecule has 1 aliphatic heterocycles. The van der Waals surface area contributed by atoms with E-state index in [0.29, 0.717) is 12.6 Å². The van der Waals surface area contributed by atoms with E-state index in [4.69, 9.17) is 9.47 Å². The van der Waals surface area contributed by atoms with Gasteiger partial charge in [0.1, 0.15) is 5.75 Å². The van der Waals surface area contributed by atoms with Crippen molar-refractivity contribution < 1.29 is 9.47 Å². The molecule has 26 heavy (non-hydrogen) atoms. The highest BCUT2D eigenvalue weighted by atomic mass is 127. The Balaban J connectivity index is 0.00000338. The summed E-state index contributed by atoms with van der Waals surface area (Å²) in [6.07, 6.45) is 2.54. The van der Waals surface area contributed by atoms with Crippen LogP contribution in [0.1, 0.15) is 31.4 Å². The number of hydrogen-bond acceptors (Lipinski definition) is 4. The van der Waals surface area contributed by atoms with Crippen LogP contribution in [0.4, 0.5) is 0 Å². The van der Waals surface area contributed by atoms with Crippen LogP contribution in [0, 0.1) is 0 Å². The van der Waals surface area contributed by atoms with E-state index in [1.165, 1.54) is 18.4 Å². The Hall–Kier alpha value is -1.06. The molecule has 0 radical (unpaired) electrons. The Morgan fingerprint density at radius 1 is 1.19 bits per heavy atom. The second-order valence-electron chi connectivity index (χ2n) is 6.49. The van der Waals surface area contributed by atoms with E-state index in [2.05, 4.69) is 39.6 Å². The molecule has 1 fully saturated rings. The molecule has 0 saturated carbocycles. The van der Waals surface area contributed by atoms with Crippen LogP contribution in [0.2, 0.25) is 0 Å². The van der Waals surface area contributed by atoms with Crippen molar-refractivity contribution in [2.24, 2.45) is 4.99 Å². The minimum atomic E-state index is 0. The van der Waals surface area contributed by atoms with Crippen molar-refractivity contribution >= 4 is 29.9 Å². The summed E-state index contributed by atoms with van der Waals surface area (Å²) >= 11 is 0. The topological polar surface area (TPSA) is 58.1 Å². The van der Waals surface area contributed by atoms with Gasteiger partial charge in [0.25, 0.3) is 0 Å². The van der Waals surface area contributed by atoms with Gasteiger partial charge in [0, 0.05) is 26.7 Å². The molecule has 0 spiro atoms. The van der Waals surface area contributed by atoms with Gasteiger partial charge in [0.2, 0.25) is 0 Å². The van der Waals surface area contributed by atoms with Crippen LogP contribution < -0.4 is 15.4 Å². The third kappa shape index (κ3) is 6.92. The molecule has 7 heteroatoms. The Bertz CT molecular complexity index is 533. The van der Waals surface area contributed by atoms with E-state index in [1.54, 1.807) is 21.3 Å². The molecule has 1 aromatic carbocycles. The van der Waals surface area contributed by atoms with Crippen molar-refractivity contribution in [3.05, 3.63) is 29.8 Å². The number of guanidine groups is 1. The number of likely N-dealkylation sites (tertiary alicyclic amines) is 1. The zero-order chi connectivity index (χ0) is 18.1. The fourth-order valence-corrected chi connectivity index (χ4v) is 3.25. The van der Waals surface area contributed by atoms with Gasteiger partial charge in [0.15, 0.2) is 5.96 Å². The van der Waals surface area contributed by atoms with Crippen molar-refractivity contribution in [2.45, 2.75) is 31.8 Å². The molecule has 6 nitrogen and oxygen atoms in total. The molecule has 0 bridgehead atoms. The van der Waals surface area contributed by atoms with Gasteiger partial charge in [-0.3, -0.25) is 9.89 Å². The fraction of sp³-hybridized carbons (Fsp3) is 0.632. The SMILES string of the molecule is CN=C(NCC(c1ccc(OC)cc1)N1CCCC1)NC(C)COC.I. The van der Waals surface area contributed by atoms with Gasteiger partial charge in [-0.05, 0) is 50.6 Å². The van der Waals surface area contributed by atoms with Gasteiger partial charge in [-0.15, -0.1) is 24.0 Å². The standard InChI is InChI=1S/C19H32N4O2.HI/c1-15(14-24-3)22-19(20-2)21-13-18(23-11-5-6-12-23)16-7-9-17(25-4)10-8-16;/h7-10,15,18H,5-6,11-14H2,1-4H3,(H2,20,21,22);1H. The summed E-state index contributed by atoms with van der Waals surface area (Å²) in [5.74, 6) is 1.70. The summed E-state index contributed by atoms with van der Waals surface area (Å²) < 4.78 is 10.5. The summed E-state index contributed by atoms with van der Waals surface area (Å²) in [7, 11) is 5.21. The number of halogens is 1. The van der Waals surface area contributed by atoms with Crippen molar-refractivity contribution in [3.8, 4) is 5.75 Å². The normalized spacial score (nSPS) is 17.3. The van der Waals surface area contributed by atoms with Crippen LogP contribution in [0.5, 0.6) is 5.75 Å². The third-order valence-electron chi connectivity index (χ3n) is 4.57. The van der Waals surface area contributed by atoms with Crippen LogP contribution in [0.3, 0.4) is 0 Å². The first-order chi connectivity index (χ1) is 12.2. The molecule has 0 aromatic heterocycles. The van der Waals surface area contributed by atoms with E-state index in [0.717, 1.165) is 31.3 Å². The van der Waals surface area contributed by atoms with Gasteiger partial charge >= 0.3 is 0 Å². The number of nitrogens with zero attached hydrogens (tertiary/aromatic N) is 2. The van der Waals surface area contributed by atoms with Crippen molar-refractivity contribution in [2.75, 3.05) is 47.5 Å². The molecule has 0 amide bonds. The number of aliphatic imine (C=N–C) groups is 1. The highest BCUT2D eigenvalue weighted by Crippen LogP contribution is 2.26. The predicted molar refractivity (Wildman–Crippen MR) is 118 cm³/mol. The Kier molecular flexibility index (Phi) is 10.9. The van der Waals surface area contributed by atoms with Crippen LogP contribution in [0.25, 0.3) is 0 Å². The molecule has 2 unspecified atom stereocenters. The van der Waals surface area contributed by atoms with E-state index in [9.17, 15) is 0 Å². The molecule has 1 saturated heterocycles. The van der Waals surface area contributed by atoms with Crippen molar-refractivity contribution in [3.63, 3.8) is 0 Å². The number of hydrogen-bond donors (Lipinski definition) is 2. The highest BCUT2D eigenvalue weighted by Gasteiger charge is 2.23. The summed E-state index contributed by atoms with van der Waals surface area (Å²) in [4.78, 5) is 6.87. The van der Waals surface area contributed by atoms with Crippen LogP contribution >= 0.6 is 24.0 Å². The number of methoxy groups -OCH3 is 2. The number of rotatable bonds is 8. The monoisotopic (exact) mass is 476 g/mol. The maximum atomic E-state index is 5.29. The lowest BCUT2D eigenvalue weighted by Crippen LogP contribution is -2.46. The van der Waals surface area contributed by atoms with Crippen LogP contribution in [-0.2, 0) is 4.74 Å². The quantitative estimate of drug-likeness (QED) is 0.343. The van der Waals surface area contributed by atoms with Gasteiger partial charge in [-0.2, -0.15) is 0 Å². The van der Waals surface area contributed by atoms with E-state index in [1.807, 2.05) is 12.1 Å². The summed E-state index contributed by atoms with van der Waals surface area (Å²) in [5, 5.41) is 6.83. The molecule has 2 rings (SSSR count). The highest BCUT2D eigenvalue weighted by molar-refractivity contribution is 14.0. The number of nitrogens with one attached hydrogen (secondary N) is 2. The van der Waals surface area contributed by atoms with Gasteiger partial charge in [0.05, 0.1) is 19.8 Å². The molecule has 0 aliphatic carbocycles. The first-order valence-electron chi connectivity index (χ1n) is 9.02. The molecule has 1 heterocycles. The molecule has 1 aromatic rings. The zero-order valence-electron chi connectivity index (χ0n) is 16.3. The average Bonchev–Trinajstić information content (AvgIpc) is 3.16. The molecule has 148 valence electrons. The summed E-state index contributed by atoms with van der Waals surface area (Å²) in [6.45, 7) is 5.83. The van der Waals surface area contributed by atoms with Crippen molar-refractivity contribution in [1.82, 2.24) is 15.5 Å². The fourth-order valence-electron chi connectivity index (χ4n) is 3.25.